The number of hydrogen-bond donors (Lipinski definition) is 0. The van der Waals surface area contributed by atoms with Crippen molar-refractivity contribution in [2.24, 2.45) is 0 Å². The van der Waals surface area contributed by atoms with E-state index in [4.69, 9.17) is 9.15 Å². The number of likely N-dealkylation sites (N-methyl/N-ethyl adjacent to an activating group) is 1. The monoisotopic (exact) mass is 342 g/mol. The number of benzene rings is 1. The first-order valence-corrected chi connectivity index (χ1v) is 9.34. The molecule has 0 spiro atoms. The summed E-state index contributed by atoms with van der Waals surface area (Å²) >= 11 is 0. The minimum absolute atomic E-state index is 0.0737. The molecule has 2 heterocycles. The van der Waals surface area contributed by atoms with E-state index < -0.39 is 0 Å². The number of ether oxygens (including phenoxy) is 1. The molecule has 2 aliphatic rings. The summed E-state index contributed by atoms with van der Waals surface area (Å²) in [5.41, 5.74) is 2.26. The van der Waals surface area contributed by atoms with E-state index in [2.05, 4.69) is 11.9 Å². The van der Waals surface area contributed by atoms with Crippen LogP contribution in [-0.2, 0) is 17.6 Å². The van der Waals surface area contributed by atoms with Crippen LogP contribution in [0, 0.1) is 0 Å². The molecule has 0 radical (unpaired) electrons. The maximum absolute atomic E-state index is 12.4. The smallest absolute Gasteiger partial charge is 0.260 e. The lowest BCUT2D eigenvalue weighted by molar-refractivity contribution is -0.133. The number of carbonyl (C=O) groups is 1. The normalized spacial score (nSPS) is 18.8. The van der Waals surface area contributed by atoms with Crippen LogP contribution in [0.2, 0.25) is 0 Å². The molecule has 1 aliphatic heterocycles. The summed E-state index contributed by atoms with van der Waals surface area (Å²) in [6, 6.07) is 5.90. The van der Waals surface area contributed by atoms with Crippen molar-refractivity contribution in [2.75, 3.05) is 39.8 Å². The molecular weight excluding hydrogens is 316 g/mol. The van der Waals surface area contributed by atoms with Gasteiger partial charge in [0.15, 0.2) is 6.61 Å². The fraction of sp³-hybridized carbons (Fsp3) is 0.550. The molecule has 1 amide bonds. The molecule has 1 aliphatic carbocycles. The molecule has 134 valence electrons. The standard InChI is InChI=1S/C20H26N2O3/c1-21-9-4-10-22(12-11-21)20(23)14-24-15-7-8-19-17(13-15)16-5-2-3-6-18(16)25-19/h7-8,13H,2-6,9-12,14H2,1H3. The summed E-state index contributed by atoms with van der Waals surface area (Å²) in [5.74, 6) is 1.95. The van der Waals surface area contributed by atoms with Crippen LogP contribution < -0.4 is 4.74 Å². The third-order valence-electron chi connectivity index (χ3n) is 5.36. The number of nitrogens with zero attached hydrogens (tertiary/aromatic N) is 2. The Morgan fingerprint density at radius 2 is 2.00 bits per heavy atom. The first-order chi connectivity index (χ1) is 12.2. The van der Waals surface area contributed by atoms with Crippen LogP contribution >= 0.6 is 0 Å². The summed E-state index contributed by atoms with van der Waals surface area (Å²) in [6.45, 7) is 3.69. The Kier molecular flexibility index (Phi) is 4.66. The Labute approximate surface area is 148 Å². The Hall–Kier alpha value is -2.01. The van der Waals surface area contributed by atoms with Crippen LogP contribution in [0.4, 0.5) is 0 Å². The zero-order valence-corrected chi connectivity index (χ0v) is 14.9. The SMILES string of the molecule is CN1CCCN(C(=O)COc2ccc3oc4c(c3c2)CCCC4)CC1. The van der Waals surface area contributed by atoms with E-state index in [1.807, 2.05) is 23.1 Å². The molecule has 5 nitrogen and oxygen atoms in total. The largest absolute Gasteiger partial charge is 0.484 e. The van der Waals surface area contributed by atoms with Gasteiger partial charge in [-0.2, -0.15) is 0 Å². The highest BCUT2D eigenvalue weighted by atomic mass is 16.5. The fourth-order valence-corrected chi connectivity index (χ4v) is 3.86. The van der Waals surface area contributed by atoms with Crippen molar-refractivity contribution in [1.82, 2.24) is 9.80 Å². The van der Waals surface area contributed by atoms with Crippen molar-refractivity contribution in [3.63, 3.8) is 0 Å². The number of furan rings is 1. The van der Waals surface area contributed by atoms with Crippen LogP contribution in [0.25, 0.3) is 11.0 Å². The molecule has 0 unspecified atom stereocenters. The van der Waals surface area contributed by atoms with E-state index in [-0.39, 0.29) is 12.5 Å². The molecule has 1 aromatic carbocycles. The minimum atomic E-state index is 0.0737. The lowest BCUT2D eigenvalue weighted by atomic mass is 9.96. The molecule has 4 rings (SSSR count). The van der Waals surface area contributed by atoms with E-state index in [1.54, 1.807) is 0 Å². The Bertz CT molecular complexity index is 768. The van der Waals surface area contributed by atoms with Gasteiger partial charge >= 0.3 is 0 Å². The van der Waals surface area contributed by atoms with Crippen molar-refractivity contribution in [3.05, 3.63) is 29.5 Å². The molecule has 1 fully saturated rings. The average molecular weight is 342 g/mol. The van der Waals surface area contributed by atoms with Gasteiger partial charge in [0, 0.05) is 37.0 Å². The van der Waals surface area contributed by atoms with Gasteiger partial charge in [0.1, 0.15) is 17.1 Å². The lowest BCUT2D eigenvalue weighted by Crippen LogP contribution is -2.37. The van der Waals surface area contributed by atoms with Gasteiger partial charge in [-0.1, -0.05) is 0 Å². The van der Waals surface area contributed by atoms with Crippen LogP contribution in [0.5, 0.6) is 5.75 Å². The fourth-order valence-electron chi connectivity index (χ4n) is 3.86. The summed E-state index contributed by atoms with van der Waals surface area (Å²) in [5, 5.41) is 1.15. The van der Waals surface area contributed by atoms with E-state index in [9.17, 15) is 4.79 Å². The van der Waals surface area contributed by atoms with Crippen molar-refractivity contribution >= 4 is 16.9 Å². The van der Waals surface area contributed by atoms with Crippen molar-refractivity contribution in [2.45, 2.75) is 32.1 Å². The quantitative estimate of drug-likeness (QED) is 0.860. The second-order valence-corrected chi connectivity index (χ2v) is 7.20. The highest BCUT2D eigenvalue weighted by Gasteiger charge is 2.20. The van der Waals surface area contributed by atoms with Crippen molar-refractivity contribution in [1.29, 1.82) is 0 Å². The first kappa shape index (κ1) is 16.5. The second kappa shape index (κ2) is 7.08. The first-order valence-electron chi connectivity index (χ1n) is 9.34. The highest BCUT2D eigenvalue weighted by molar-refractivity contribution is 5.84. The van der Waals surface area contributed by atoms with Gasteiger partial charge in [0.25, 0.3) is 5.91 Å². The van der Waals surface area contributed by atoms with Crippen LogP contribution in [0.15, 0.2) is 22.6 Å². The van der Waals surface area contributed by atoms with E-state index in [0.29, 0.717) is 0 Å². The molecule has 1 aromatic heterocycles. The lowest BCUT2D eigenvalue weighted by Gasteiger charge is -2.20. The van der Waals surface area contributed by atoms with Gasteiger partial charge in [-0.3, -0.25) is 4.79 Å². The molecular formula is C20H26N2O3. The zero-order chi connectivity index (χ0) is 17.2. The number of carbonyl (C=O) groups excluding carboxylic acids is 1. The number of hydrogen-bond acceptors (Lipinski definition) is 4. The van der Waals surface area contributed by atoms with Gasteiger partial charge in [-0.25, -0.2) is 0 Å². The molecule has 1 saturated heterocycles. The zero-order valence-electron chi connectivity index (χ0n) is 14.9. The third kappa shape index (κ3) is 3.52. The maximum atomic E-state index is 12.4. The van der Waals surface area contributed by atoms with Gasteiger partial charge in [0.2, 0.25) is 0 Å². The molecule has 5 heteroatoms. The molecule has 25 heavy (non-hydrogen) atoms. The van der Waals surface area contributed by atoms with Crippen LogP contribution in [-0.4, -0.2) is 55.5 Å². The predicted octanol–water partition coefficient (Wildman–Crippen LogP) is 2.85. The van der Waals surface area contributed by atoms with E-state index in [0.717, 1.165) is 67.9 Å². The minimum Gasteiger partial charge on any atom is -0.484 e. The second-order valence-electron chi connectivity index (χ2n) is 7.20. The highest BCUT2D eigenvalue weighted by Crippen LogP contribution is 2.33. The average Bonchev–Trinajstić information content (AvgIpc) is 2.85. The summed E-state index contributed by atoms with van der Waals surface area (Å²) < 4.78 is 11.8. The molecule has 0 N–H and O–H groups in total. The summed E-state index contributed by atoms with van der Waals surface area (Å²) in [6.07, 6.45) is 5.55. The third-order valence-corrected chi connectivity index (χ3v) is 5.36. The van der Waals surface area contributed by atoms with E-state index in [1.165, 1.54) is 18.4 Å². The topological polar surface area (TPSA) is 45.9 Å². The van der Waals surface area contributed by atoms with Crippen LogP contribution in [0.1, 0.15) is 30.6 Å². The number of fused-ring (bicyclic) bond motifs is 3. The number of aryl methyl sites for hydroxylation is 2. The van der Waals surface area contributed by atoms with Gasteiger partial charge in [-0.15, -0.1) is 0 Å². The molecule has 2 aromatic rings. The predicted molar refractivity (Wildman–Crippen MR) is 97.0 cm³/mol. The molecule has 0 saturated carbocycles. The molecule has 0 bridgehead atoms. The van der Waals surface area contributed by atoms with Crippen molar-refractivity contribution < 1.29 is 13.9 Å². The molecule has 0 atom stereocenters. The Morgan fingerprint density at radius 3 is 2.92 bits per heavy atom. The van der Waals surface area contributed by atoms with Gasteiger partial charge < -0.3 is 19.0 Å². The van der Waals surface area contributed by atoms with Crippen LogP contribution in [0.3, 0.4) is 0 Å². The van der Waals surface area contributed by atoms with Crippen molar-refractivity contribution in [3.8, 4) is 5.75 Å². The summed E-state index contributed by atoms with van der Waals surface area (Å²) in [7, 11) is 2.10. The summed E-state index contributed by atoms with van der Waals surface area (Å²) in [4.78, 5) is 16.6. The Morgan fingerprint density at radius 1 is 1.12 bits per heavy atom. The van der Waals surface area contributed by atoms with E-state index >= 15 is 0 Å². The number of amides is 1. The van der Waals surface area contributed by atoms with Gasteiger partial charge in [-0.05, 0) is 57.5 Å². The van der Waals surface area contributed by atoms with Gasteiger partial charge in [0.05, 0.1) is 0 Å². The maximum Gasteiger partial charge on any atom is 0.260 e. The number of rotatable bonds is 3. The Balaban J connectivity index is 1.43.